The number of halogens is 2. The fourth-order valence-corrected chi connectivity index (χ4v) is 3.95. The van der Waals surface area contributed by atoms with Gasteiger partial charge in [0, 0.05) is 43.3 Å². The maximum absolute atomic E-state index is 12.8. The standard InChI is InChI=1S/C21H22Cl2N2O3/c22-16-2-4-17(5-3-16)24-6-8-25(9-7-24)20(26)14-15-12-18(23)21-19(13-15)27-10-1-11-28-21/h2-5,12-13H,1,6-11,14H2. The average molecular weight is 421 g/mol. The molecule has 1 amide bonds. The van der Waals surface area contributed by atoms with Gasteiger partial charge in [-0.15, -0.1) is 0 Å². The lowest BCUT2D eigenvalue weighted by molar-refractivity contribution is -0.130. The third-order valence-electron chi connectivity index (χ3n) is 5.04. The Morgan fingerprint density at radius 2 is 1.68 bits per heavy atom. The van der Waals surface area contributed by atoms with E-state index in [4.69, 9.17) is 32.7 Å². The van der Waals surface area contributed by atoms with Crippen LogP contribution in [-0.4, -0.2) is 50.2 Å². The quantitative estimate of drug-likeness (QED) is 0.750. The second-order valence-electron chi connectivity index (χ2n) is 6.98. The van der Waals surface area contributed by atoms with E-state index in [9.17, 15) is 4.79 Å². The van der Waals surface area contributed by atoms with E-state index in [1.165, 1.54) is 0 Å². The largest absolute Gasteiger partial charge is 0.489 e. The van der Waals surface area contributed by atoms with Crippen molar-refractivity contribution < 1.29 is 14.3 Å². The summed E-state index contributed by atoms with van der Waals surface area (Å²) in [5.74, 6) is 1.30. The molecule has 1 fully saturated rings. The van der Waals surface area contributed by atoms with Gasteiger partial charge in [0.2, 0.25) is 5.91 Å². The van der Waals surface area contributed by atoms with Gasteiger partial charge >= 0.3 is 0 Å². The molecular weight excluding hydrogens is 399 g/mol. The van der Waals surface area contributed by atoms with Gasteiger partial charge in [-0.2, -0.15) is 0 Å². The summed E-state index contributed by atoms with van der Waals surface area (Å²) in [6.07, 6.45) is 1.12. The highest BCUT2D eigenvalue weighted by atomic mass is 35.5. The van der Waals surface area contributed by atoms with Crippen molar-refractivity contribution in [3.05, 3.63) is 52.0 Å². The first kappa shape index (κ1) is 19.2. The van der Waals surface area contributed by atoms with Gasteiger partial charge in [0.15, 0.2) is 11.5 Å². The number of hydrogen-bond acceptors (Lipinski definition) is 4. The molecule has 0 atom stereocenters. The third kappa shape index (κ3) is 4.31. The number of carbonyl (C=O) groups is 1. The van der Waals surface area contributed by atoms with Gasteiger partial charge in [-0.25, -0.2) is 0 Å². The van der Waals surface area contributed by atoms with Crippen molar-refractivity contribution in [1.82, 2.24) is 4.90 Å². The number of carbonyl (C=O) groups excluding carboxylic acids is 1. The molecular formula is C21H22Cl2N2O3. The maximum atomic E-state index is 12.8. The van der Waals surface area contributed by atoms with E-state index in [2.05, 4.69) is 4.90 Å². The first-order chi connectivity index (χ1) is 13.6. The van der Waals surface area contributed by atoms with Gasteiger partial charge in [0.25, 0.3) is 0 Å². The van der Waals surface area contributed by atoms with Crippen LogP contribution in [0.1, 0.15) is 12.0 Å². The minimum atomic E-state index is 0.0984. The molecule has 2 heterocycles. The summed E-state index contributed by atoms with van der Waals surface area (Å²) in [6, 6.07) is 11.5. The molecule has 2 aliphatic heterocycles. The van der Waals surface area contributed by atoms with E-state index in [-0.39, 0.29) is 5.91 Å². The third-order valence-corrected chi connectivity index (χ3v) is 5.57. The van der Waals surface area contributed by atoms with Crippen molar-refractivity contribution in [3.8, 4) is 11.5 Å². The zero-order chi connectivity index (χ0) is 19.5. The van der Waals surface area contributed by atoms with Gasteiger partial charge in [-0.1, -0.05) is 23.2 Å². The Bertz CT molecular complexity index is 849. The number of amides is 1. The first-order valence-corrected chi connectivity index (χ1v) is 10.2. The van der Waals surface area contributed by atoms with Crippen LogP contribution in [0.2, 0.25) is 10.0 Å². The molecule has 4 rings (SSSR count). The smallest absolute Gasteiger partial charge is 0.227 e. The molecule has 1 saturated heterocycles. The minimum Gasteiger partial charge on any atom is -0.489 e. The molecule has 0 spiro atoms. The Kier molecular flexibility index (Phi) is 5.83. The predicted octanol–water partition coefficient (Wildman–Crippen LogP) is 4.05. The molecule has 0 saturated carbocycles. The van der Waals surface area contributed by atoms with Crippen LogP contribution in [0, 0.1) is 0 Å². The van der Waals surface area contributed by atoms with Crippen molar-refractivity contribution >= 4 is 34.8 Å². The Morgan fingerprint density at radius 3 is 2.43 bits per heavy atom. The summed E-state index contributed by atoms with van der Waals surface area (Å²) >= 11 is 12.3. The minimum absolute atomic E-state index is 0.0984. The summed E-state index contributed by atoms with van der Waals surface area (Å²) in [5, 5.41) is 1.22. The molecule has 0 aliphatic carbocycles. The molecule has 2 aliphatic rings. The number of fused-ring (bicyclic) bond motifs is 1. The van der Waals surface area contributed by atoms with Gasteiger partial charge < -0.3 is 19.3 Å². The van der Waals surface area contributed by atoms with Crippen molar-refractivity contribution in [2.45, 2.75) is 12.8 Å². The van der Waals surface area contributed by atoms with E-state index in [0.717, 1.165) is 35.8 Å². The lowest BCUT2D eigenvalue weighted by Gasteiger charge is -2.36. The summed E-state index contributed by atoms with van der Waals surface area (Å²) < 4.78 is 11.4. The summed E-state index contributed by atoms with van der Waals surface area (Å²) in [5.41, 5.74) is 1.98. The molecule has 0 aromatic heterocycles. The Labute approximate surface area is 174 Å². The molecule has 5 nitrogen and oxygen atoms in total. The molecule has 148 valence electrons. The van der Waals surface area contributed by atoms with Crippen molar-refractivity contribution in [2.75, 3.05) is 44.3 Å². The van der Waals surface area contributed by atoms with Crippen LogP contribution in [0.15, 0.2) is 36.4 Å². The highest BCUT2D eigenvalue weighted by Crippen LogP contribution is 2.38. The molecule has 0 bridgehead atoms. The van der Waals surface area contributed by atoms with E-state index < -0.39 is 0 Å². The Morgan fingerprint density at radius 1 is 0.964 bits per heavy atom. The summed E-state index contributed by atoms with van der Waals surface area (Å²) in [6.45, 7) is 4.17. The van der Waals surface area contributed by atoms with Gasteiger partial charge in [-0.3, -0.25) is 4.79 Å². The zero-order valence-corrected chi connectivity index (χ0v) is 17.0. The number of rotatable bonds is 3. The highest BCUT2D eigenvalue weighted by Gasteiger charge is 2.23. The molecule has 7 heteroatoms. The van der Waals surface area contributed by atoms with E-state index >= 15 is 0 Å². The lowest BCUT2D eigenvalue weighted by Crippen LogP contribution is -2.49. The van der Waals surface area contributed by atoms with E-state index in [1.54, 1.807) is 6.07 Å². The molecule has 28 heavy (non-hydrogen) atoms. The monoisotopic (exact) mass is 420 g/mol. The van der Waals surface area contributed by atoms with Crippen molar-refractivity contribution in [2.24, 2.45) is 0 Å². The van der Waals surface area contributed by atoms with E-state index in [1.807, 2.05) is 35.2 Å². The maximum Gasteiger partial charge on any atom is 0.227 e. The molecule has 0 unspecified atom stereocenters. The van der Waals surface area contributed by atoms with Crippen LogP contribution < -0.4 is 14.4 Å². The van der Waals surface area contributed by atoms with Crippen LogP contribution in [0.25, 0.3) is 0 Å². The van der Waals surface area contributed by atoms with Gasteiger partial charge in [0.05, 0.1) is 24.7 Å². The molecule has 2 aromatic rings. The first-order valence-electron chi connectivity index (χ1n) is 9.46. The van der Waals surface area contributed by atoms with Crippen molar-refractivity contribution in [1.29, 1.82) is 0 Å². The lowest BCUT2D eigenvalue weighted by atomic mass is 10.1. The number of ether oxygens (including phenoxy) is 2. The Balaban J connectivity index is 1.38. The number of benzene rings is 2. The normalized spacial score (nSPS) is 16.6. The molecule has 0 radical (unpaired) electrons. The predicted molar refractivity (Wildman–Crippen MR) is 111 cm³/mol. The fourth-order valence-electron chi connectivity index (χ4n) is 3.54. The topological polar surface area (TPSA) is 42.0 Å². The SMILES string of the molecule is O=C(Cc1cc(Cl)c2c(c1)OCCCO2)N1CCN(c2ccc(Cl)cc2)CC1. The van der Waals surface area contributed by atoms with Crippen LogP contribution in [0.3, 0.4) is 0 Å². The van der Waals surface area contributed by atoms with Gasteiger partial charge in [0.1, 0.15) is 0 Å². The van der Waals surface area contributed by atoms with Gasteiger partial charge in [-0.05, 0) is 42.0 Å². The second kappa shape index (κ2) is 8.50. The van der Waals surface area contributed by atoms with Crippen molar-refractivity contribution in [3.63, 3.8) is 0 Å². The summed E-state index contributed by atoms with van der Waals surface area (Å²) in [4.78, 5) is 17.0. The number of nitrogens with zero attached hydrogens (tertiary/aromatic N) is 2. The number of anilines is 1. The van der Waals surface area contributed by atoms with Crippen LogP contribution in [-0.2, 0) is 11.2 Å². The number of hydrogen-bond donors (Lipinski definition) is 0. The van der Waals surface area contributed by atoms with E-state index in [0.29, 0.717) is 49.2 Å². The Hall–Kier alpha value is -2.11. The van der Waals surface area contributed by atoms with Crippen LogP contribution in [0.5, 0.6) is 11.5 Å². The van der Waals surface area contributed by atoms with Crippen LogP contribution in [0.4, 0.5) is 5.69 Å². The molecule has 0 N–H and O–H groups in total. The molecule has 2 aromatic carbocycles. The fraction of sp³-hybridized carbons (Fsp3) is 0.381. The highest BCUT2D eigenvalue weighted by molar-refractivity contribution is 6.32. The average Bonchev–Trinajstić information content (AvgIpc) is 2.95. The zero-order valence-electron chi connectivity index (χ0n) is 15.5. The van der Waals surface area contributed by atoms with Crippen LogP contribution >= 0.6 is 23.2 Å². The second-order valence-corrected chi connectivity index (χ2v) is 7.82. The summed E-state index contributed by atoms with van der Waals surface area (Å²) in [7, 11) is 0. The number of piperazine rings is 1.